The van der Waals surface area contributed by atoms with Gasteiger partial charge >= 0.3 is 0 Å². The van der Waals surface area contributed by atoms with Crippen LogP contribution in [-0.4, -0.2) is 42.9 Å². The zero-order valence-electron chi connectivity index (χ0n) is 13.7. The molecular formula is C19H23N3O2. The molecule has 1 unspecified atom stereocenters. The van der Waals surface area contributed by atoms with E-state index in [1.165, 1.54) is 0 Å². The van der Waals surface area contributed by atoms with Gasteiger partial charge in [-0.2, -0.15) is 0 Å². The van der Waals surface area contributed by atoms with Crippen molar-refractivity contribution in [2.45, 2.75) is 12.8 Å². The average Bonchev–Trinajstić information content (AvgIpc) is 2.65. The maximum Gasteiger partial charge on any atom is 0.253 e. The van der Waals surface area contributed by atoms with E-state index in [9.17, 15) is 9.59 Å². The van der Waals surface area contributed by atoms with E-state index in [1.807, 2.05) is 42.5 Å². The Kier molecular flexibility index (Phi) is 5.11. The van der Waals surface area contributed by atoms with E-state index in [2.05, 4.69) is 5.32 Å². The number of benzene rings is 2. The summed E-state index contributed by atoms with van der Waals surface area (Å²) in [5.74, 6) is -0.150. The maximum absolute atomic E-state index is 12.8. The molecule has 1 fully saturated rings. The van der Waals surface area contributed by atoms with Crippen LogP contribution in [0.1, 0.15) is 23.2 Å². The normalized spacial score (nSPS) is 17.7. The molecule has 2 amide bonds. The number of amides is 2. The van der Waals surface area contributed by atoms with E-state index >= 15 is 0 Å². The van der Waals surface area contributed by atoms with Crippen LogP contribution in [0.3, 0.4) is 0 Å². The van der Waals surface area contributed by atoms with Crippen molar-refractivity contribution >= 4 is 22.6 Å². The van der Waals surface area contributed by atoms with Crippen molar-refractivity contribution in [2.24, 2.45) is 11.7 Å². The van der Waals surface area contributed by atoms with Gasteiger partial charge in [0.2, 0.25) is 5.91 Å². The summed E-state index contributed by atoms with van der Waals surface area (Å²) in [6.45, 7) is 2.08. The van der Waals surface area contributed by atoms with Crippen molar-refractivity contribution in [1.29, 1.82) is 0 Å². The second-order valence-corrected chi connectivity index (χ2v) is 6.23. The molecule has 1 aliphatic heterocycles. The molecule has 0 bridgehead atoms. The number of carbonyl (C=O) groups excluding carboxylic acids is 2. The molecule has 5 nitrogen and oxygen atoms in total. The molecule has 1 aliphatic rings. The molecule has 1 saturated heterocycles. The number of nitrogens with two attached hydrogens (primary N) is 1. The minimum Gasteiger partial charge on any atom is -0.355 e. The molecule has 1 heterocycles. The smallest absolute Gasteiger partial charge is 0.253 e. The van der Waals surface area contributed by atoms with Gasteiger partial charge in [-0.3, -0.25) is 9.59 Å². The van der Waals surface area contributed by atoms with Gasteiger partial charge in [0, 0.05) is 31.7 Å². The number of carbonyl (C=O) groups is 2. The van der Waals surface area contributed by atoms with E-state index < -0.39 is 0 Å². The molecule has 0 spiro atoms. The number of hydrogen-bond acceptors (Lipinski definition) is 3. The maximum atomic E-state index is 12.8. The van der Waals surface area contributed by atoms with Crippen LogP contribution in [0, 0.1) is 5.92 Å². The summed E-state index contributed by atoms with van der Waals surface area (Å²) < 4.78 is 0. The molecule has 0 saturated carbocycles. The average molecular weight is 325 g/mol. The molecular weight excluding hydrogens is 302 g/mol. The Morgan fingerprint density at radius 1 is 1.17 bits per heavy atom. The van der Waals surface area contributed by atoms with Crippen molar-refractivity contribution in [1.82, 2.24) is 10.2 Å². The minimum atomic E-state index is -0.144. The van der Waals surface area contributed by atoms with Gasteiger partial charge in [-0.25, -0.2) is 0 Å². The summed E-state index contributed by atoms with van der Waals surface area (Å²) in [5, 5.41) is 4.99. The van der Waals surface area contributed by atoms with Crippen LogP contribution in [0.4, 0.5) is 0 Å². The summed E-state index contributed by atoms with van der Waals surface area (Å²) >= 11 is 0. The van der Waals surface area contributed by atoms with Crippen LogP contribution in [0.2, 0.25) is 0 Å². The van der Waals surface area contributed by atoms with Crippen molar-refractivity contribution in [2.75, 3.05) is 26.2 Å². The Morgan fingerprint density at radius 3 is 2.75 bits per heavy atom. The van der Waals surface area contributed by atoms with E-state index in [0.29, 0.717) is 31.7 Å². The minimum absolute atomic E-state index is 0.00271. The molecule has 0 aliphatic carbocycles. The molecule has 2 aromatic carbocycles. The number of fused-ring (bicyclic) bond motifs is 1. The van der Waals surface area contributed by atoms with Gasteiger partial charge in [0.1, 0.15) is 0 Å². The second kappa shape index (κ2) is 7.45. The summed E-state index contributed by atoms with van der Waals surface area (Å²) in [6.07, 6.45) is 1.66. The van der Waals surface area contributed by atoms with E-state index in [0.717, 1.165) is 23.6 Å². The Morgan fingerprint density at radius 2 is 1.96 bits per heavy atom. The van der Waals surface area contributed by atoms with E-state index in [1.54, 1.807) is 4.90 Å². The first-order valence-electron chi connectivity index (χ1n) is 8.45. The fourth-order valence-corrected chi connectivity index (χ4v) is 3.22. The molecule has 3 rings (SSSR count). The van der Waals surface area contributed by atoms with Gasteiger partial charge in [0.25, 0.3) is 5.91 Å². The number of rotatable bonds is 4. The van der Waals surface area contributed by atoms with Crippen LogP contribution >= 0.6 is 0 Å². The third kappa shape index (κ3) is 3.57. The second-order valence-electron chi connectivity index (χ2n) is 6.23. The number of nitrogens with one attached hydrogen (secondary N) is 1. The molecule has 5 heteroatoms. The summed E-state index contributed by atoms with van der Waals surface area (Å²) in [6, 6.07) is 13.7. The highest BCUT2D eigenvalue weighted by Gasteiger charge is 2.28. The van der Waals surface area contributed by atoms with Crippen molar-refractivity contribution < 1.29 is 9.59 Å². The first kappa shape index (κ1) is 16.5. The Balaban J connectivity index is 1.72. The van der Waals surface area contributed by atoms with Crippen LogP contribution in [0.25, 0.3) is 10.8 Å². The Labute approximate surface area is 141 Å². The van der Waals surface area contributed by atoms with E-state index in [4.69, 9.17) is 5.73 Å². The predicted molar refractivity (Wildman–Crippen MR) is 94.6 cm³/mol. The van der Waals surface area contributed by atoms with Gasteiger partial charge in [-0.1, -0.05) is 30.3 Å². The number of hydrogen-bond donors (Lipinski definition) is 2. The molecule has 24 heavy (non-hydrogen) atoms. The van der Waals surface area contributed by atoms with Gasteiger partial charge in [0.05, 0.1) is 5.92 Å². The van der Waals surface area contributed by atoms with Crippen LogP contribution in [-0.2, 0) is 4.79 Å². The predicted octanol–water partition coefficient (Wildman–Crippen LogP) is 1.77. The largest absolute Gasteiger partial charge is 0.355 e. The van der Waals surface area contributed by atoms with Crippen LogP contribution < -0.4 is 11.1 Å². The molecule has 3 N–H and O–H groups in total. The highest BCUT2D eigenvalue weighted by atomic mass is 16.2. The van der Waals surface area contributed by atoms with Crippen molar-refractivity contribution in [3.8, 4) is 0 Å². The monoisotopic (exact) mass is 325 g/mol. The zero-order valence-corrected chi connectivity index (χ0v) is 13.7. The quantitative estimate of drug-likeness (QED) is 0.899. The summed E-state index contributed by atoms with van der Waals surface area (Å²) in [4.78, 5) is 26.7. The fraction of sp³-hybridized carbons (Fsp3) is 0.368. The SMILES string of the molecule is NCCNC(=O)C1CCCN(C(=O)c2ccc3ccccc3c2)C1. The van der Waals surface area contributed by atoms with E-state index in [-0.39, 0.29) is 17.7 Å². The Hall–Kier alpha value is -2.40. The first-order valence-corrected chi connectivity index (χ1v) is 8.45. The summed E-state index contributed by atoms with van der Waals surface area (Å²) in [7, 11) is 0. The fourth-order valence-electron chi connectivity index (χ4n) is 3.22. The van der Waals surface area contributed by atoms with Crippen molar-refractivity contribution in [3.05, 3.63) is 48.0 Å². The zero-order chi connectivity index (χ0) is 16.9. The van der Waals surface area contributed by atoms with Gasteiger partial charge < -0.3 is 16.0 Å². The van der Waals surface area contributed by atoms with Crippen molar-refractivity contribution in [3.63, 3.8) is 0 Å². The van der Waals surface area contributed by atoms with Gasteiger partial charge in [-0.05, 0) is 35.7 Å². The van der Waals surface area contributed by atoms with Crippen LogP contribution in [0.5, 0.6) is 0 Å². The lowest BCUT2D eigenvalue weighted by atomic mass is 9.96. The number of nitrogens with zero attached hydrogens (tertiary/aromatic N) is 1. The highest BCUT2D eigenvalue weighted by Crippen LogP contribution is 2.21. The van der Waals surface area contributed by atoms with Crippen LogP contribution in [0.15, 0.2) is 42.5 Å². The molecule has 1 atom stereocenters. The molecule has 2 aromatic rings. The lowest BCUT2D eigenvalue weighted by Gasteiger charge is -2.32. The topological polar surface area (TPSA) is 75.4 Å². The number of likely N-dealkylation sites (tertiary alicyclic amines) is 1. The van der Waals surface area contributed by atoms with Gasteiger partial charge in [0.15, 0.2) is 0 Å². The molecule has 0 aromatic heterocycles. The molecule has 126 valence electrons. The Bertz CT molecular complexity index is 744. The lowest BCUT2D eigenvalue weighted by Crippen LogP contribution is -2.46. The first-order chi connectivity index (χ1) is 11.7. The third-order valence-corrected chi connectivity index (χ3v) is 4.52. The highest BCUT2D eigenvalue weighted by molar-refractivity contribution is 5.98. The summed E-state index contributed by atoms with van der Waals surface area (Å²) in [5.41, 5.74) is 6.10. The third-order valence-electron chi connectivity index (χ3n) is 4.52. The number of piperidine rings is 1. The molecule has 0 radical (unpaired) electrons. The van der Waals surface area contributed by atoms with Gasteiger partial charge in [-0.15, -0.1) is 0 Å². The lowest BCUT2D eigenvalue weighted by molar-refractivity contribution is -0.126. The standard InChI is InChI=1S/C19H23N3O2/c20-9-10-21-18(23)17-6-3-11-22(13-17)19(24)16-8-7-14-4-1-2-5-15(14)12-16/h1-2,4-5,7-8,12,17H,3,6,9-11,13,20H2,(H,21,23).